The van der Waals surface area contributed by atoms with E-state index in [0.717, 1.165) is 12.2 Å². The molecule has 1 aliphatic rings. The molecule has 0 aromatic heterocycles. The van der Waals surface area contributed by atoms with Crippen LogP contribution in [-0.2, 0) is 0 Å². The molecule has 1 heterocycles. The van der Waals surface area contributed by atoms with Crippen LogP contribution < -0.4 is 0 Å². The first-order valence-electron chi connectivity index (χ1n) is 3.90. The second-order valence-corrected chi connectivity index (χ2v) is 3.57. The van der Waals surface area contributed by atoms with Crippen molar-refractivity contribution in [3.8, 4) is 12.3 Å². The van der Waals surface area contributed by atoms with Crippen LogP contribution in [0.5, 0.6) is 0 Å². The van der Waals surface area contributed by atoms with Crippen LogP contribution in [0.3, 0.4) is 0 Å². The van der Waals surface area contributed by atoms with Gasteiger partial charge in [-0.2, -0.15) is 0 Å². The van der Waals surface area contributed by atoms with Gasteiger partial charge < -0.3 is 4.90 Å². The number of rotatable bonds is 0. The van der Waals surface area contributed by atoms with Gasteiger partial charge in [0.2, 0.25) is 0 Å². The zero-order chi connectivity index (χ0) is 8.65. The number of terminal acetylenes is 1. The van der Waals surface area contributed by atoms with Gasteiger partial charge in [0.15, 0.2) is 0 Å². The van der Waals surface area contributed by atoms with Gasteiger partial charge in [0.05, 0.1) is 5.41 Å². The molecular formula is C10H15N. The van der Waals surface area contributed by atoms with Gasteiger partial charge >= 0.3 is 0 Å². The molecule has 1 nitrogen and oxygen atoms in total. The number of nitrogens with zero attached hydrogens (tertiary/aromatic N) is 1. The molecule has 0 aromatic carbocycles. The summed E-state index contributed by atoms with van der Waals surface area (Å²) in [5.74, 6) is 3.35. The lowest BCUT2D eigenvalue weighted by atomic mass is 9.80. The molecule has 60 valence electrons. The first-order valence-corrected chi connectivity index (χ1v) is 3.90. The summed E-state index contributed by atoms with van der Waals surface area (Å²) in [5, 5.41) is 0. The smallest absolute Gasteiger partial charge is 0.0716 e. The number of allylic oxidation sites excluding steroid dienone is 1. The predicted molar refractivity (Wildman–Crippen MR) is 47.9 cm³/mol. The molecule has 0 aromatic rings. The Morgan fingerprint density at radius 1 is 1.82 bits per heavy atom. The highest BCUT2D eigenvalue weighted by Gasteiger charge is 2.40. The van der Waals surface area contributed by atoms with Crippen molar-refractivity contribution in [2.45, 2.75) is 13.8 Å². The topological polar surface area (TPSA) is 3.24 Å². The summed E-state index contributed by atoms with van der Waals surface area (Å²) in [7, 11) is 2.04. The molecule has 1 fully saturated rings. The quantitative estimate of drug-likeness (QED) is 0.474. The van der Waals surface area contributed by atoms with Crippen LogP contribution in [0, 0.1) is 23.7 Å². The van der Waals surface area contributed by atoms with Gasteiger partial charge in [0.1, 0.15) is 0 Å². The molecule has 1 aliphatic heterocycles. The summed E-state index contributed by atoms with van der Waals surface area (Å²) in [6.45, 7) is 9.28. The summed E-state index contributed by atoms with van der Waals surface area (Å²) >= 11 is 0. The van der Waals surface area contributed by atoms with Crippen molar-refractivity contribution in [2.24, 2.45) is 11.3 Å². The molecule has 0 N–H and O–H groups in total. The van der Waals surface area contributed by atoms with E-state index in [2.05, 4.69) is 31.2 Å². The van der Waals surface area contributed by atoms with Crippen molar-refractivity contribution >= 4 is 0 Å². The van der Waals surface area contributed by atoms with Gasteiger partial charge in [-0.25, -0.2) is 0 Å². The summed E-state index contributed by atoms with van der Waals surface area (Å²) in [6.07, 6.45) is 5.47. The average Bonchev–Trinajstić information content (AvgIpc) is 2.16. The Morgan fingerprint density at radius 3 is 2.55 bits per heavy atom. The summed E-state index contributed by atoms with van der Waals surface area (Å²) in [4.78, 5) is 2.14. The third-order valence-electron chi connectivity index (χ3n) is 2.89. The molecule has 1 rings (SSSR count). The van der Waals surface area contributed by atoms with Crippen molar-refractivity contribution in [1.29, 1.82) is 0 Å². The van der Waals surface area contributed by atoms with Gasteiger partial charge in [-0.05, 0) is 12.8 Å². The highest BCUT2D eigenvalue weighted by molar-refractivity contribution is 5.27. The van der Waals surface area contributed by atoms with E-state index in [-0.39, 0.29) is 5.41 Å². The fourth-order valence-corrected chi connectivity index (χ4v) is 1.61. The van der Waals surface area contributed by atoms with Crippen molar-refractivity contribution in [3.05, 3.63) is 12.3 Å². The van der Waals surface area contributed by atoms with E-state index in [4.69, 9.17) is 6.42 Å². The number of hydrogen-bond acceptors (Lipinski definition) is 1. The first-order chi connectivity index (χ1) is 5.02. The van der Waals surface area contributed by atoms with E-state index in [9.17, 15) is 0 Å². The highest BCUT2D eigenvalue weighted by atomic mass is 15.1. The van der Waals surface area contributed by atoms with E-state index in [0.29, 0.717) is 5.92 Å². The molecule has 1 saturated heterocycles. The predicted octanol–water partition coefficient (Wildman–Crippen LogP) is 1.72. The van der Waals surface area contributed by atoms with Crippen molar-refractivity contribution in [3.63, 3.8) is 0 Å². The van der Waals surface area contributed by atoms with Crippen molar-refractivity contribution < 1.29 is 0 Å². The van der Waals surface area contributed by atoms with Crippen molar-refractivity contribution in [2.75, 3.05) is 13.6 Å². The second kappa shape index (κ2) is 2.30. The van der Waals surface area contributed by atoms with Crippen LogP contribution >= 0.6 is 0 Å². The van der Waals surface area contributed by atoms with Crippen LogP contribution in [0.25, 0.3) is 0 Å². The van der Waals surface area contributed by atoms with Crippen molar-refractivity contribution in [1.82, 2.24) is 4.90 Å². The lowest BCUT2D eigenvalue weighted by Gasteiger charge is -2.23. The standard InChI is InChI=1S/C10H15N/c1-6-10(4)8(2)7-11(5)9(10)3/h1,8H,3,7H2,2,4-5H3. The Labute approximate surface area is 69.1 Å². The molecule has 2 atom stereocenters. The van der Waals surface area contributed by atoms with E-state index in [1.807, 2.05) is 7.05 Å². The fraction of sp³-hybridized carbons (Fsp3) is 0.600. The minimum atomic E-state index is -0.116. The third-order valence-corrected chi connectivity index (χ3v) is 2.89. The molecular weight excluding hydrogens is 134 g/mol. The summed E-state index contributed by atoms with van der Waals surface area (Å²) in [5.41, 5.74) is 0.960. The van der Waals surface area contributed by atoms with E-state index < -0.39 is 0 Å². The lowest BCUT2D eigenvalue weighted by molar-refractivity contribution is 0.409. The fourth-order valence-electron chi connectivity index (χ4n) is 1.61. The summed E-state index contributed by atoms with van der Waals surface area (Å²) in [6, 6.07) is 0. The van der Waals surface area contributed by atoms with Gasteiger partial charge in [0.25, 0.3) is 0 Å². The molecule has 0 radical (unpaired) electrons. The zero-order valence-electron chi connectivity index (χ0n) is 7.52. The minimum absolute atomic E-state index is 0.116. The van der Waals surface area contributed by atoms with Gasteiger partial charge in [-0.1, -0.05) is 19.4 Å². The van der Waals surface area contributed by atoms with Crippen LogP contribution in [0.2, 0.25) is 0 Å². The molecule has 0 saturated carbocycles. The van der Waals surface area contributed by atoms with E-state index in [1.54, 1.807) is 0 Å². The maximum atomic E-state index is 5.47. The summed E-state index contributed by atoms with van der Waals surface area (Å²) < 4.78 is 0. The first kappa shape index (κ1) is 8.20. The SMILES string of the molecule is C#CC1(C)C(=C)N(C)CC1C. The normalized spacial score (nSPS) is 37.5. The molecule has 11 heavy (non-hydrogen) atoms. The van der Waals surface area contributed by atoms with E-state index >= 15 is 0 Å². The van der Waals surface area contributed by atoms with Crippen LogP contribution in [0.15, 0.2) is 12.3 Å². The molecule has 2 unspecified atom stereocenters. The lowest BCUT2D eigenvalue weighted by Crippen LogP contribution is -2.20. The maximum absolute atomic E-state index is 5.47. The number of hydrogen-bond donors (Lipinski definition) is 0. The Bertz CT molecular complexity index is 224. The molecule has 1 heteroatoms. The second-order valence-electron chi connectivity index (χ2n) is 3.57. The highest BCUT2D eigenvalue weighted by Crippen LogP contribution is 2.41. The molecule has 0 spiro atoms. The Balaban J connectivity index is 2.99. The molecule has 0 bridgehead atoms. The Hall–Kier alpha value is -0.900. The van der Waals surface area contributed by atoms with E-state index in [1.165, 1.54) is 0 Å². The monoisotopic (exact) mass is 149 g/mol. The van der Waals surface area contributed by atoms with Crippen LogP contribution in [0.1, 0.15) is 13.8 Å². The Morgan fingerprint density at radius 2 is 2.36 bits per heavy atom. The maximum Gasteiger partial charge on any atom is 0.0716 e. The molecule has 0 amide bonds. The average molecular weight is 149 g/mol. The van der Waals surface area contributed by atoms with Crippen LogP contribution in [0.4, 0.5) is 0 Å². The van der Waals surface area contributed by atoms with Gasteiger partial charge in [-0.15, -0.1) is 6.42 Å². The zero-order valence-corrected chi connectivity index (χ0v) is 7.52. The molecule has 0 aliphatic carbocycles. The van der Waals surface area contributed by atoms with Crippen LogP contribution in [-0.4, -0.2) is 18.5 Å². The number of likely N-dealkylation sites (tertiary alicyclic amines) is 1. The third kappa shape index (κ3) is 0.939. The minimum Gasteiger partial charge on any atom is -0.377 e. The Kier molecular flexibility index (Phi) is 1.72. The van der Waals surface area contributed by atoms with Gasteiger partial charge in [-0.3, -0.25) is 0 Å². The largest absolute Gasteiger partial charge is 0.377 e. The van der Waals surface area contributed by atoms with Gasteiger partial charge in [0, 0.05) is 19.3 Å².